The van der Waals surface area contributed by atoms with Gasteiger partial charge in [0.2, 0.25) is 15.9 Å². The zero-order chi connectivity index (χ0) is 20.1. The quantitative estimate of drug-likeness (QED) is 0.705. The SMILES string of the molecule is CCc1ccc(CNC(=O)C2CCCCN2S(=O)(=O)c2ccc(Br)cc2)cc1. The second-order valence-corrected chi connectivity index (χ2v) is 9.78. The average molecular weight is 465 g/mol. The smallest absolute Gasteiger partial charge is 0.243 e. The van der Waals surface area contributed by atoms with Crippen LogP contribution in [0.3, 0.4) is 0 Å². The molecule has 1 unspecified atom stereocenters. The number of sulfonamides is 1. The Morgan fingerprint density at radius 1 is 1.07 bits per heavy atom. The Kier molecular flexibility index (Phi) is 6.91. The molecule has 0 radical (unpaired) electrons. The summed E-state index contributed by atoms with van der Waals surface area (Å²) in [4.78, 5) is 13.0. The average Bonchev–Trinajstić information content (AvgIpc) is 2.72. The molecule has 1 aliphatic heterocycles. The van der Waals surface area contributed by atoms with Gasteiger partial charge in [0.25, 0.3) is 0 Å². The number of carbonyl (C=O) groups excluding carboxylic acids is 1. The molecule has 150 valence electrons. The Bertz CT molecular complexity index is 912. The molecule has 0 spiro atoms. The second kappa shape index (κ2) is 9.20. The number of benzene rings is 2. The molecule has 1 heterocycles. The highest BCUT2D eigenvalue weighted by Gasteiger charge is 2.37. The Hall–Kier alpha value is -1.70. The summed E-state index contributed by atoms with van der Waals surface area (Å²) in [6, 6.07) is 14.0. The zero-order valence-corrected chi connectivity index (χ0v) is 18.3. The molecular weight excluding hydrogens is 440 g/mol. The van der Waals surface area contributed by atoms with Crippen molar-refractivity contribution >= 4 is 31.9 Å². The fourth-order valence-electron chi connectivity index (χ4n) is 3.40. The van der Waals surface area contributed by atoms with Crippen molar-refractivity contribution in [2.45, 2.75) is 50.1 Å². The molecule has 1 aliphatic rings. The van der Waals surface area contributed by atoms with Gasteiger partial charge in [0.15, 0.2) is 0 Å². The van der Waals surface area contributed by atoms with Crippen LogP contribution >= 0.6 is 15.9 Å². The predicted octanol–water partition coefficient (Wildman–Crippen LogP) is 3.87. The number of piperidine rings is 1. The first-order valence-electron chi connectivity index (χ1n) is 9.54. The van der Waals surface area contributed by atoms with Crippen LogP contribution in [0.1, 0.15) is 37.3 Å². The number of carbonyl (C=O) groups is 1. The van der Waals surface area contributed by atoms with Crippen molar-refractivity contribution in [1.82, 2.24) is 9.62 Å². The van der Waals surface area contributed by atoms with Gasteiger partial charge in [0.05, 0.1) is 4.90 Å². The lowest BCUT2D eigenvalue weighted by molar-refractivity contribution is -0.125. The maximum absolute atomic E-state index is 13.1. The maximum Gasteiger partial charge on any atom is 0.243 e. The fourth-order valence-corrected chi connectivity index (χ4v) is 5.32. The van der Waals surface area contributed by atoms with Gasteiger partial charge in [-0.1, -0.05) is 53.5 Å². The number of hydrogen-bond acceptors (Lipinski definition) is 3. The molecule has 7 heteroatoms. The van der Waals surface area contributed by atoms with Gasteiger partial charge in [-0.25, -0.2) is 8.42 Å². The van der Waals surface area contributed by atoms with Crippen LogP contribution < -0.4 is 5.32 Å². The van der Waals surface area contributed by atoms with Gasteiger partial charge in [-0.15, -0.1) is 0 Å². The summed E-state index contributed by atoms with van der Waals surface area (Å²) in [5.74, 6) is -0.236. The zero-order valence-electron chi connectivity index (χ0n) is 15.9. The van der Waals surface area contributed by atoms with Crippen LogP contribution in [-0.4, -0.2) is 31.2 Å². The Morgan fingerprint density at radius 2 is 1.71 bits per heavy atom. The van der Waals surface area contributed by atoms with Gasteiger partial charge in [0, 0.05) is 17.6 Å². The standard InChI is InChI=1S/C21H25BrN2O3S/c1-2-16-6-8-17(9-7-16)15-23-21(25)20-5-3-4-14-24(20)28(26,27)19-12-10-18(22)11-13-19/h6-13,20H,2-5,14-15H2,1H3,(H,23,25). The number of nitrogens with zero attached hydrogens (tertiary/aromatic N) is 1. The molecule has 2 aromatic carbocycles. The fraction of sp³-hybridized carbons (Fsp3) is 0.381. The molecule has 0 bridgehead atoms. The number of aryl methyl sites for hydroxylation is 1. The molecule has 1 fully saturated rings. The monoisotopic (exact) mass is 464 g/mol. The van der Waals surface area contributed by atoms with Gasteiger partial charge in [-0.2, -0.15) is 4.31 Å². The van der Waals surface area contributed by atoms with Gasteiger partial charge in [-0.3, -0.25) is 4.79 Å². The van der Waals surface area contributed by atoms with Gasteiger partial charge in [-0.05, 0) is 54.7 Å². The van der Waals surface area contributed by atoms with E-state index < -0.39 is 16.1 Å². The Labute approximate surface area is 175 Å². The number of halogens is 1. The number of amides is 1. The Balaban J connectivity index is 1.72. The summed E-state index contributed by atoms with van der Waals surface area (Å²) in [5, 5.41) is 2.92. The van der Waals surface area contributed by atoms with Gasteiger partial charge in [0.1, 0.15) is 6.04 Å². The minimum Gasteiger partial charge on any atom is -0.351 e. The molecule has 1 atom stereocenters. The molecule has 0 saturated carbocycles. The van der Waals surface area contributed by atoms with E-state index in [1.165, 1.54) is 9.87 Å². The Morgan fingerprint density at radius 3 is 2.36 bits per heavy atom. The van der Waals surface area contributed by atoms with Crippen LogP contribution in [0.2, 0.25) is 0 Å². The third kappa shape index (κ3) is 4.82. The number of rotatable bonds is 6. The summed E-state index contributed by atoms with van der Waals surface area (Å²) >= 11 is 3.32. The van der Waals surface area contributed by atoms with E-state index in [1.807, 2.05) is 24.3 Å². The lowest BCUT2D eigenvalue weighted by atomic mass is 10.0. The summed E-state index contributed by atoms with van der Waals surface area (Å²) in [5.41, 5.74) is 2.25. The first-order chi connectivity index (χ1) is 13.4. The first-order valence-corrected chi connectivity index (χ1v) is 11.8. The molecule has 0 aromatic heterocycles. The van der Waals surface area contributed by atoms with Crippen LogP contribution in [0.15, 0.2) is 57.9 Å². The van der Waals surface area contributed by atoms with Crippen molar-refractivity contribution in [1.29, 1.82) is 0 Å². The molecule has 0 aliphatic carbocycles. The first kappa shape index (κ1) is 21.0. The highest BCUT2D eigenvalue weighted by atomic mass is 79.9. The molecule has 1 N–H and O–H groups in total. The minimum absolute atomic E-state index is 0.213. The molecule has 1 amide bonds. The van der Waals surface area contributed by atoms with E-state index in [1.54, 1.807) is 24.3 Å². The van der Waals surface area contributed by atoms with Crippen LogP contribution in [0, 0.1) is 0 Å². The normalized spacial score (nSPS) is 18.0. The summed E-state index contributed by atoms with van der Waals surface area (Å²) in [6.07, 6.45) is 3.11. The molecular formula is C21H25BrN2O3S. The number of hydrogen-bond donors (Lipinski definition) is 1. The third-order valence-electron chi connectivity index (χ3n) is 5.07. The van der Waals surface area contributed by atoms with Crippen molar-refractivity contribution in [3.63, 3.8) is 0 Å². The molecule has 3 rings (SSSR count). The van der Waals surface area contributed by atoms with Crippen LogP contribution in [0.25, 0.3) is 0 Å². The number of nitrogens with one attached hydrogen (secondary N) is 1. The lowest BCUT2D eigenvalue weighted by Crippen LogP contribution is -2.51. The van der Waals surface area contributed by atoms with Crippen molar-refractivity contribution in [2.75, 3.05) is 6.54 Å². The largest absolute Gasteiger partial charge is 0.351 e. The van der Waals surface area contributed by atoms with E-state index in [2.05, 4.69) is 28.2 Å². The minimum atomic E-state index is -3.71. The van der Waals surface area contributed by atoms with Gasteiger partial charge < -0.3 is 5.32 Å². The third-order valence-corrected chi connectivity index (χ3v) is 7.53. The highest BCUT2D eigenvalue weighted by Crippen LogP contribution is 2.26. The van der Waals surface area contributed by atoms with E-state index in [9.17, 15) is 13.2 Å². The molecule has 5 nitrogen and oxygen atoms in total. The summed E-state index contributed by atoms with van der Waals surface area (Å²) < 4.78 is 28.3. The van der Waals surface area contributed by atoms with Crippen molar-refractivity contribution in [3.05, 3.63) is 64.1 Å². The summed E-state index contributed by atoms with van der Waals surface area (Å²) in [6.45, 7) is 2.85. The van der Waals surface area contributed by atoms with Crippen LogP contribution in [0.5, 0.6) is 0 Å². The highest BCUT2D eigenvalue weighted by molar-refractivity contribution is 9.10. The molecule has 28 heavy (non-hydrogen) atoms. The molecule has 1 saturated heterocycles. The molecule has 2 aromatic rings. The maximum atomic E-state index is 13.1. The van der Waals surface area contributed by atoms with Gasteiger partial charge >= 0.3 is 0 Å². The van der Waals surface area contributed by atoms with Crippen molar-refractivity contribution < 1.29 is 13.2 Å². The van der Waals surface area contributed by atoms with E-state index in [0.29, 0.717) is 19.5 Å². The van der Waals surface area contributed by atoms with Crippen LogP contribution in [-0.2, 0) is 27.8 Å². The topological polar surface area (TPSA) is 66.5 Å². The second-order valence-electron chi connectivity index (χ2n) is 6.97. The van der Waals surface area contributed by atoms with Crippen LogP contribution in [0.4, 0.5) is 0 Å². The lowest BCUT2D eigenvalue weighted by Gasteiger charge is -2.33. The van der Waals surface area contributed by atoms with E-state index in [0.717, 1.165) is 29.3 Å². The predicted molar refractivity (Wildman–Crippen MR) is 113 cm³/mol. The summed E-state index contributed by atoms with van der Waals surface area (Å²) in [7, 11) is -3.71. The van der Waals surface area contributed by atoms with E-state index in [-0.39, 0.29) is 10.8 Å². The van der Waals surface area contributed by atoms with Crippen molar-refractivity contribution in [3.8, 4) is 0 Å². The van der Waals surface area contributed by atoms with Crippen molar-refractivity contribution in [2.24, 2.45) is 0 Å². The van der Waals surface area contributed by atoms with E-state index >= 15 is 0 Å². The van der Waals surface area contributed by atoms with E-state index in [4.69, 9.17) is 0 Å².